The molecule has 0 radical (unpaired) electrons. The quantitative estimate of drug-likeness (QED) is 0.190. The largest absolute Gasteiger partial charge is 0.485 e. The standard InChI is InChI=1S/C16H13Cl2F2IN2O4/c17-10-5-9(14(22)24)13(12(20)11(10)19)27-6-16(18,26)15(25)23-8-3-1-7(21)2-4-8/h1-5,15,23,25-26H,6H2,(H2,22,24). The number of hydrogen-bond donors (Lipinski definition) is 4. The Labute approximate surface area is 176 Å². The Morgan fingerprint density at radius 1 is 1.33 bits per heavy atom. The van der Waals surface area contributed by atoms with Gasteiger partial charge in [-0.05, 0) is 52.9 Å². The molecule has 146 valence electrons. The number of aliphatic hydroxyl groups is 2. The molecule has 0 aliphatic carbocycles. The molecular weight excluding hydrogens is 520 g/mol. The van der Waals surface area contributed by atoms with Crippen molar-refractivity contribution in [2.45, 2.75) is 11.3 Å². The second-order valence-corrected chi connectivity index (χ2v) is 7.70. The number of aliphatic hydroxyl groups excluding tert-OH is 1. The smallest absolute Gasteiger partial charge is 0.252 e. The zero-order valence-electron chi connectivity index (χ0n) is 13.3. The molecule has 2 aromatic carbocycles. The molecular formula is C16H13Cl2F2IN2O4. The number of nitrogens with two attached hydrogens (primary N) is 1. The van der Waals surface area contributed by atoms with Crippen LogP contribution < -0.4 is 15.8 Å². The topological polar surface area (TPSA) is 105 Å². The maximum absolute atomic E-state index is 14.0. The first kappa shape index (κ1) is 21.9. The average Bonchev–Trinajstić information content (AvgIpc) is 2.60. The predicted molar refractivity (Wildman–Crippen MR) is 105 cm³/mol. The summed E-state index contributed by atoms with van der Waals surface area (Å²) in [6, 6.07) is 7.51. The Hall–Kier alpha value is -1.40. The summed E-state index contributed by atoms with van der Waals surface area (Å²) in [6.07, 6.45) is -1.75. The summed E-state index contributed by atoms with van der Waals surface area (Å²) in [4.78, 5) is 11.4. The highest BCUT2D eigenvalue weighted by Crippen LogP contribution is 2.32. The van der Waals surface area contributed by atoms with Crippen molar-refractivity contribution >= 4 is 57.4 Å². The van der Waals surface area contributed by atoms with E-state index in [-0.39, 0.29) is 0 Å². The van der Waals surface area contributed by atoms with E-state index < -0.39 is 51.8 Å². The molecule has 2 atom stereocenters. The van der Waals surface area contributed by atoms with Gasteiger partial charge in [-0.1, -0.05) is 23.2 Å². The van der Waals surface area contributed by atoms with E-state index in [2.05, 4.69) is 27.9 Å². The Morgan fingerprint density at radius 3 is 2.48 bits per heavy atom. The van der Waals surface area contributed by atoms with Crippen LogP contribution in [-0.4, -0.2) is 34.0 Å². The zero-order valence-corrected chi connectivity index (χ0v) is 17.0. The summed E-state index contributed by atoms with van der Waals surface area (Å²) in [5, 5.41) is 19.6. The number of carbonyl (C=O) groups is 1. The lowest BCUT2D eigenvalue weighted by molar-refractivity contribution is -0.0268. The van der Waals surface area contributed by atoms with Gasteiger partial charge in [0.05, 0.1) is 10.6 Å². The van der Waals surface area contributed by atoms with Gasteiger partial charge in [-0.15, -0.1) is 0 Å². The minimum atomic E-state index is -2.46. The molecule has 0 bridgehead atoms. The second kappa shape index (κ2) is 8.74. The van der Waals surface area contributed by atoms with Gasteiger partial charge in [0, 0.05) is 9.26 Å². The number of nitrogens with one attached hydrogen (secondary N) is 1. The SMILES string of the molecule is NC(=O)c1cc(Cl)c(F)c(F)c1OCC(O)(Cl)C(O)Nc1ccc(I)cc1. The summed E-state index contributed by atoms with van der Waals surface area (Å²) in [6.45, 7) is -0.911. The summed E-state index contributed by atoms with van der Waals surface area (Å²) in [5.41, 5.74) is 4.98. The molecule has 0 fully saturated rings. The fourth-order valence-corrected chi connectivity index (χ4v) is 2.63. The van der Waals surface area contributed by atoms with Crippen LogP contribution in [0.2, 0.25) is 5.02 Å². The van der Waals surface area contributed by atoms with Crippen LogP contribution in [-0.2, 0) is 0 Å². The minimum Gasteiger partial charge on any atom is -0.485 e. The van der Waals surface area contributed by atoms with E-state index in [1.807, 2.05) is 0 Å². The third kappa shape index (κ3) is 5.32. The predicted octanol–water partition coefficient (Wildman–Crippen LogP) is 3.06. The number of ether oxygens (including phenoxy) is 1. The van der Waals surface area contributed by atoms with Gasteiger partial charge in [0.1, 0.15) is 6.61 Å². The second-order valence-electron chi connectivity index (χ2n) is 5.39. The number of rotatable bonds is 7. The van der Waals surface area contributed by atoms with Gasteiger partial charge < -0.3 is 26.0 Å². The molecule has 2 rings (SSSR count). The Kier molecular flexibility index (Phi) is 7.09. The Bertz CT molecular complexity index is 853. The summed E-state index contributed by atoms with van der Waals surface area (Å²) >= 11 is 13.4. The average molecular weight is 533 g/mol. The van der Waals surface area contributed by atoms with Gasteiger partial charge >= 0.3 is 0 Å². The van der Waals surface area contributed by atoms with Crippen molar-refractivity contribution in [3.63, 3.8) is 0 Å². The number of halogens is 5. The van der Waals surface area contributed by atoms with Crippen LogP contribution in [0.25, 0.3) is 0 Å². The van der Waals surface area contributed by atoms with Gasteiger partial charge in [-0.25, -0.2) is 4.39 Å². The highest BCUT2D eigenvalue weighted by Gasteiger charge is 2.36. The third-order valence-corrected chi connectivity index (χ3v) is 4.68. The van der Waals surface area contributed by atoms with E-state index in [4.69, 9.17) is 33.7 Å². The molecule has 0 aromatic heterocycles. The number of anilines is 1. The van der Waals surface area contributed by atoms with Crippen LogP contribution in [0, 0.1) is 15.2 Å². The molecule has 2 aromatic rings. The third-order valence-electron chi connectivity index (χ3n) is 3.37. The molecule has 27 heavy (non-hydrogen) atoms. The lowest BCUT2D eigenvalue weighted by atomic mass is 10.1. The van der Waals surface area contributed by atoms with Gasteiger partial charge in [0.25, 0.3) is 5.91 Å². The van der Waals surface area contributed by atoms with Crippen LogP contribution >= 0.6 is 45.8 Å². The minimum absolute atomic E-state index is 0.434. The van der Waals surface area contributed by atoms with E-state index >= 15 is 0 Å². The summed E-state index contributed by atoms with van der Waals surface area (Å²) < 4.78 is 33.6. The molecule has 5 N–H and O–H groups in total. The van der Waals surface area contributed by atoms with Crippen molar-refractivity contribution < 1.29 is 28.5 Å². The fraction of sp³-hybridized carbons (Fsp3) is 0.188. The van der Waals surface area contributed by atoms with Gasteiger partial charge in [-0.3, -0.25) is 4.79 Å². The van der Waals surface area contributed by atoms with Crippen molar-refractivity contribution in [3.8, 4) is 5.75 Å². The molecule has 2 unspecified atom stereocenters. The van der Waals surface area contributed by atoms with E-state index in [9.17, 15) is 23.8 Å². The monoisotopic (exact) mass is 532 g/mol. The van der Waals surface area contributed by atoms with Gasteiger partial charge in [0.15, 0.2) is 17.8 Å². The van der Waals surface area contributed by atoms with Crippen LogP contribution in [0.4, 0.5) is 14.5 Å². The number of primary amides is 1. The number of hydrogen-bond acceptors (Lipinski definition) is 5. The lowest BCUT2D eigenvalue weighted by Crippen LogP contribution is -2.47. The zero-order chi connectivity index (χ0) is 20.4. The molecule has 11 heteroatoms. The number of carbonyl (C=O) groups excluding carboxylic acids is 1. The fourth-order valence-electron chi connectivity index (χ4n) is 1.97. The summed E-state index contributed by atoms with van der Waals surface area (Å²) in [5.74, 6) is -5.07. The van der Waals surface area contributed by atoms with Crippen LogP contribution in [0.15, 0.2) is 30.3 Å². The molecule has 0 aliphatic heterocycles. The molecule has 0 spiro atoms. The maximum atomic E-state index is 14.0. The van der Waals surface area contributed by atoms with E-state index in [0.29, 0.717) is 5.69 Å². The highest BCUT2D eigenvalue weighted by atomic mass is 127. The van der Waals surface area contributed by atoms with E-state index in [0.717, 1.165) is 9.64 Å². The van der Waals surface area contributed by atoms with E-state index in [1.54, 1.807) is 24.3 Å². The van der Waals surface area contributed by atoms with Crippen molar-refractivity contribution in [1.29, 1.82) is 0 Å². The summed E-state index contributed by atoms with van der Waals surface area (Å²) in [7, 11) is 0. The van der Waals surface area contributed by atoms with Crippen molar-refractivity contribution in [2.24, 2.45) is 5.73 Å². The molecule has 0 saturated heterocycles. The van der Waals surface area contributed by atoms with Gasteiger partial charge in [-0.2, -0.15) is 4.39 Å². The first-order valence-corrected chi connectivity index (χ1v) is 9.08. The normalized spacial score (nSPS) is 14.3. The maximum Gasteiger partial charge on any atom is 0.252 e. The Balaban J connectivity index is 2.17. The number of amides is 1. The lowest BCUT2D eigenvalue weighted by Gasteiger charge is -2.28. The van der Waals surface area contributed by atoms with Crippen LogP contribution in [0.1, 0.15) is 10.4 Å². The van der Waals surface area contributed by atoms with Crippen molar-refractivity contribution in [3.05, 3.63) is 56.1 Å². The van der Waals surface area contributed by atoms with Gasteiger partial charge in [0.2, 0.25) is 10.9 Å². The number of alkyl halides is 1. The molecule has 1 amide bonds. The molecule has 0 heterocycles. The van der Waals surface area contributed by atoms with Crippen molar-refractivity contribution in [1.82, 2.24) is 0 Å². The number of benzene rings is 2. The van der Waals surface area contributed by atoms with Crippen molar-refractivity contribution in [2.75, 3.05) is 11.9 Å². The highest BCUT2D eigenvalue weighted by molar-refractivity contribution is 14.1. The first-order chi connectivity index (χ1) is 12.5. The Morgan fingerprint density at radius 2 is 1.93 bits per heavy atom. The molecule has 0 saturated carbocycles. The van der Waals surface area contributed by atoms with Crippen LogP contribution in [0.3, 0.4) is 0 Å². The molecule has 6 nitrogen and oxygen atoms in total. The molecule has 0 aliphatic rings. The first-order valence-electron chi connectivity index (χ1n) is 7.24. The van der Waals surface area contributed by atoms with E-state index in [1.165, 1.54) is 0 Å². The van der Waals surface area contributed by atoms with Crippen LogP contribution in [0.5, 0.6) is 5.75 Å².